The number of thioether (sulfide) groups is 1. The molecule has 18 heavy (non-hydrogen) atoms. The van der Waals surface area contributed by atoms with Gasteiger partial charge in [-0.1, -0.05) is 6.92 Å². The highest BCUT2D eigenvalue weighted by Gasteiger charge is 2.20. The van der Waals surface area contributed by atoms with E-state index in [-0.39, 0.29) is 0 Å². The number of aromatic nitrogens is 2. The summed E-state index contributed by atoms with van der Waals surface area (Å²) in [4.78, 5) is 0. The predicted octanol–water partition coefficient (Wildman–Crippen LogP) is 2.76. The van der Waals surface area contributed by atoms with Crippen LogP contribution in [-0.2, 0) is 6.54 Å². The van der Waals surface area contributed by atoms with Gasteiger partial charge in [-0.15, -0.1) is 0 Å². The third-order valence-corrected chi connectivity index (χ3v) is 5.04. The fourth-order valence-electron chi connectivity index (χ4n) is 2.61. The Labute approximate surface area is 115 Å². The highest BCUT2D eigenvalue weighted by atomic mass is 32.2. The molecule has 4 heteroatoms. The quantitative estimate of drug-likeness (QED) is 0.832. The second-order valence-electron chi connectivity index (χ2n) is 5.28. The molecule has 0 radical (unpaired) electrons. The highest BCUT2D eigenvalue weighted by Crippen LogP contribution is 2.24. The average Bonchev–Trinajstić information content (AvgIpc) is 2.65. The maximum atomic E-state index is 4.49. The molecule has 102 valence electrons. The molecule has 2 unspecified atom stereocenters. The van der Waals surface area contributed by atoms with Gasteiger partial charge in [0.25, 0.3) is 0 Å². The minimum absolute atomic E-state index is 0.712. The zero-order valence-electron chi connectivity index (χ0n) is 11.8. The van der Waals surface area contributed by atoms with E-state index < -0.39 is 0 Å². The van der Waals surface area contributed by atoms with E-state index in [0.29, 0.717) is 6.04 Å². The van der Waals surface area contributed by atoms with Gasteiger partial charge in [-0.25, -0.2) is 0 Å². The Morgan fingerprint density at radius 1 is 1.50 bits per heavy atom. The van der Waals surface area contributed by atoms with Crippen molar-refractivity contribution >= 4 is 11.8 Å². The number of nitrogens with one attached hydrogen (secondary N) is 1. The molecular formula is C14H25N3S. The second-order valence-corrected chi connectivity index (χ2v) is 6.77. The van der Waals surface area contributed by atoms with Crippen LogP contribution < -0.4 is 5.32 Å². The monoisotopic (exact) mass is 267 g/mol. The van der Waals surface area contributed by atoms with Crippen LogP contribution in [0.15, 0.2) is 6.07 Å². The van der Waals surface area contributed by atoms with Gasteiger partial charge in [-0.2, -0.15) is 16.9 Å². The molecule has 1 aromatic heterocycles. The first-order valence-electron chi connectivity index (χ1n) is 7.03. The van der Waals surface area contributed by atoms with E-state index in [1.807, 2.05) is 0 Å². The number of rotatable bonds is 5. The molecule has 0 aromatic carbocycles. The molecule has 0 amide bonds. The largest absolute Gasteiger partial charge is 0.313 e. The number of aryl methyl sites for hydroxylation is 3. The molecular weight excluding hydrogens is 242 g/mol. The van der Waals surface area contributed by atoms with E-state index in [0.717, 1.165) is 30.5 Å². The normalized spacial score (nSPS) is 24.4. The molecule has 2 atom stereocenters. The van der Waals surface area contributed by atoms with Crippen LogP contribution in [0, 0.1) is 13.8 Å². The molecule has 1 saturated heterocycles. The summed E-state index contributed by atoms with van der Waals surface area (Å²) in [5.74, 6) is 1.34. The lowest BCUT2D eigenvalue weighted by Gasteiger charge is -2.29. The van der Waals surface area contributed by atoms with Gasteiger partial charge in [0, 0.05) is 23.5 Å². The number of hydrogen-bond acceptors (Lipinski definition) is 3. The summed E-state index contributed by atoms with van der Waals surface area (Å²) in [6, 6.07) is 2.86. The lowest BCUT2D eigenvalue weighted by atomic mass is 10.1. The van der Waals surface area contributed by atoms with Gasteiger partial charge in [-0.05, 0) is 51.5 Å². The van der Waals surface area contributed by atoms with Crippen molar-refractivity contribution in [2.45, 2.75) is 57.9 Å². The summed E-state index contributed by atoms with van der Waals surface area (Å²) in [5, 5.41) is 8.97. The van der Waals surface area contributed by atoms with Crippen molar-refractivity contribution in [3.63, 3.8) is 0 Å². The lowest BCUT2D eigenvalue weighted by Crippen LogP contribution is -2.39. The zero-order valence-corrected chi connectivity index (χ0v) is 12.6. The first-order valence-corrected chi connectivity index (χ1v) is 8.08. The van der Waals surface area contributed by atoms with E-state index in [4.69, 9.17) is 0 Å². The fraction of sp³-hybridized carbons (Fsp3) is 0.786. The Bertz CT molecular complexity index is 375. The number of nitrogens with zero attached hydrogens (tertiary/aromatic N) is 2. The van der Waals surface area contributed by atoms with E-state index >= 15 is 0 Å². The minimum atomic E-state index is 0.712. The van der Waals surface area contributed by atoms with Crippen molar-refractivity contribution in [3.05, 3.63) is 17.5 Å². The zero-order chi connectivity index (χ0) is 13.0. The summed E-state index contributed by atoms with van der Waals surface area (Å²) in [5.41, 5.74) is 2.40. The SMILES string of the molecule is Cc1cc(C)n(CCCNC2CCCSC2C)n1. The Morgan fingerprint density at radius 2 is 2.33 bits per heavy atom. The van der Waals surface area contributed by atoms with Crippen LogP contribution >= 0.6 is 11.8 Å². The van der Waals surface area contributed by atoms with E-state index in [2.05, 4.69) is 53.7 Å². The van der Waals surface area contributed by atoms with E-state index in [9.17, 15) is 0 Å². The maximum absolute atomic E-state index is 4.49. The third kappa shape index (κ3) is 3.75. The maximum Gasteiger partial charge on any atom is 0.0596 e. The molecule has 3 nitrogen and oxygen atoms in total. The van der Waals surface area contributed by atoms with E-state index in [1.165, 1.54) is 24.3 Å². The van der Waals surface area contributed by atoms with Gasteiger partial charge >= 0.3 is 0 Å². The molecule has 1 fully saturated rings. The smallest absolute Gasteiger partial charge is 0.0596 e. The van der Waals surface area contributed by atoms with Crippen molar-refractivity contribution in [1.82, 2.24) is 15.1 Å². The van der Waals surface area contributed by atoms with Gasteiger partial charge in [0.1, 0.15) is 0 Å². The van der Waals surface area contributed by atoms with Crippen LogP contribution in [0.3, 0.4) is 0 Å². The summed E-state index contributed by atoms with van der Waals surface area (Å²) in [6.07, 6.45) is 3.87. The van der Waals surface area contributed by atoms with Crippen molar-refractivity contribution in [3.8, 4) is 0 Å². The molecule has 1 aliphatic heterocycles. The van der Waals surface area contributed by atoms with Crippen molar-refractivity contribution in [2.75, 3.05) is 12.3 Å². The molecule has 0 saturated carbocycles. The summed E-state index contributed by atoms with van der Waals surface area (Å²) < 4.78 is 2.12. The molecule has 2 rings (SSSR count). The summed E-state index contributed by atoms with van der Waals surface area (Å²) >= 11 is 2.11. The summed E-state index contributed by atoms with van der Waals surface area (Å²) in [7, 11) is 0. The predicted molar refractivity (Wildman–Crippen MR) is 79.3 cm³/mol. The first-order chi connectivity index (χ1) is 8.66. The van der Waals surface area contributed by atoms with E-state index in [1.54, 1.807) is 0 Å². The van der Waals surface area contributed by atoms with Crippen LogP contribution in [0.4, 0.5) is 0 Å². The molecule has 1 N–H and O–H groups in total. The van der Waals surface area contributed by atoms with Crippen molar-refractivity contribution in [2.24, 2.45) is 0 Å². The highest BCUT2D eigenvalue weighted by molar-refractivity contribution is 7.99. The van der Waals surface area contributed by atoms with Gasteiger partial charge in [0.05, 0.1) is 5.69 Å². The Morgan fingerprint density at radius 3 is 3.00 bits per heavy atom. The average molecular weight is 267 g/mol. The molecule has 1 aromatic rings. The molecule has 0 aliphatic carbocycles. The molecule has 2 heterocycles. The standard InChI is InChI=1S/C14H25N3S/c1-11-10-12(2)17(16-11)8-5-7-15-14-6-4-9-18-13(14)3/h10,13-15H,4-9H2,1-3H3. The summed E-state index contributed by atoms with van der Waals surface area (Å²) in [6.45, 7) is 8.67. The van der Waals surface area contributed by atoms with Gasteiger partial charge < -0.3 is 5.32 Å². The van der Waals surface area contributed by atoms with Crippen LogP contribution in [0.1, 0.15) is 37.6 Å². The topological polar surface area (TPSA) is 29.9 Å². The van der Waals surface area contributed by atoms with Gasteiger partial charge in [0.2, 0.25) is 0 Å². The Kier molecular flexibility index (Phi) is 5.13. The Balaban J connectivity index is 1.68. The van der Waals surface area contributed by atoms with Crippen LogP contribution in [-0.4, -0.2) is 33.4 Å². The fourth-order valence-corrected chi connectivity index (χ4v) is 3.78. The Hall–Kier alpha value is -0.480. The van der Waals surface area contributed by atoms with Gasteiger partial charge in [-0.3, -0.25) is 4.68 Å². The van der Waals surface area contributed by atoms with Crippen molar-refractivity contribution < 1.29 is 0 Å². The molecule has 0 spiro atoms. The molecule has 0 bridgehead atoms. The third-order valence-electron chi connectivity index (χ3n) is 3.66. The first kappa shape index (κ1) is 13.9. The minimum Gasteiger partial charge on any atom is -0.313 e. The van der Waals surface area contributed by atoms with Crippen molar-refractivity contribution in [1.29, 1.82) is 0 Å². The lowest BCUT2D eigenvalue weighted by molar-refractivity contribution is 0.440. The van der Waals surface area contributed by atoms with Crippen LogP contribution in [0.2, 0.25) is 0 Å². The molecule has 1 aliphatic rings. The van der Waals surface area contributed by atoms with Crippen LogP contribution in [0.25, 0.3) is 0 Å². The number of hydrogen-bond donors (Lipinski definition) is 1. The van der Waals surface area contributed by atoms with Gasteiger partial charge in [0.15, 0.2) is 0 Å². The second kappa shape index (κ2) is 6.62. The van der Waals surface area contributed by atoms with Crippen LogP contribution in [0.5, 0.6) is 0 Å².